The Morgan fingerprint density at radius 2 is 2.05 bits per heavy atom. The molecule has 22 heavy (non-hydrogen) atoms. The summed E-state index contributed by atoms with van der Waals surface area (Å²) in [6, 6.07) is 12.1. The lowest BCUT2D eigenvalue weighted by atomic mass is 10.0. The van der Waals surface area contributed by atoms with Gasteiger partial charge in [-0.2, -0.15) is 0 Å². The summed E-state index contributed by atoms with van der Waals surface area (Å²) in [5.41, 5.74) is 4.63. The average Bonchev–Trinajstić information content (AvgIpc) is 3.30. The van der Waals surface area contributed by atoms with Gasteiger partial charge in [0.05, 0.1) is 10.7 Å². The Morgan fingerprint density at radius 1 is 1.27 bits per heavy atom. The smallest absolute Gasteiger partial charge is 0.138 e. The van der Waals surface area contributed by atoms with Gasteiger partial charge in [-0.05, 0) is 55.0 Å². The first-order valence-corrected chi connectivity index (χ1v) is 7.93. The van der Waals surface area contributed by atoms with Crippen LogP contribution in [0.1, 0.15) is 35.4 Å². The molecule has 1 saturated carbocycles. The summed E-state index contributed by atoms with van der Waals surface area (Å²) in [5.74, 6) is 7.33. The number of hydrogen-bond acceptors (Lipinski definition) is 3. The highest BCUT2D eigenvalue weighted by Gasteiger charge is 2.27. The molecule has 0 atom stereocenters. The zero-order valence-corrected chi connectivity index (χ0v) is 13.7. The van der Waals surface area contributed by atoms with Crippen molar-refractivity contribution in [3.05, 3.63) is 58.1 Å². The number of nitrogens with zero attached hydrogens (tertiary/aromatic N) is 1. The molecule has 3 nitrogen and oxygen atoms in total. The summed E-state index contributed by atoms with van der Waals surface area (Å²) in [6.45, 7) is 2.49. The van der Waals surface area contributed by atoms with Gasteiger partial charge in [0.1, 0.15) is 12.4 Å². The maximum Gasteiger partial charge on any atom is 0.138 e. The number of halogens is 1. The standard InChI is InChI=1S/C18H21ClN2O/c1-12-6-9-18(16(19)10-12)22-11-15-14(13-7-8-13)4-3-5-17(15)21(2)20/h3-6,9-10,13H,7-8,11,20H2,1-2H3. The highest BCUT2D eigenvalue weighted by atomic mass is 35.5. The van der Waals surface area contributed by atoms with E-state index < -0.39 is 0 Å². The first-order valence-electron chi connectivity index (χ1n) is 7.55. The molecule has 1 aliphatic rings. The lowest BCUT2D eigenvalue weighted by Crippen LogP contribution is -2.27. The molecule has 1 aliphatic carbocycles. The first kappa shape index (κ1) is 15.2. The Labute approximate surface area is 136 Å². The van der Waals surface area contributed by atoms with Crippen molar-refractivity contribution in [3.63, 3.8) is 0 Å². The van der Waals surface area contributed by atoms with Crippen LogP contribution in [0.5, 0.6) is 5.75 Å². The summed E-state index contributed by atoms with van der Waals surface area (Å²) in [6.07, 6.45) is 2.49. The summed E-state index contributed by atoms with van der Waals surface area (Å²) >= 11 is 6.25. The van der Waals surface area contributed by atoms with E-state index in [0.29, 0.717) is 23.3 Å². The van der Waals surface area contributed by atoms with E-state index in [1.165, 1.54) is 18.4 Å². The molecule has 3 rings (SSSR count). The van der Waals surface area contributed by atoms with E-state index in [9.17, 15) is 0 Å². The van der Waals surface area contributed by atoms with Crippen molar-refractivity contribution in [2.45, 2.75) is 32.3 Å². The molecule has 4 heteroatoms. The van der Waals surface area contributed by atoms with Gasteiger partial charge in [0.25, 0.3) is 0 Å². The van der Waals surface area contributed by atoms with Crippen LogP contribution in [0, 0.1) is 6.92 Å². The number of aryl methyl sites for hydroxylation is 1. The number of anilines is 1. The highest BCUT2D eigenvalue weighted by molar-refractivity contribution is 6.32. The lowest BCUT2D eigenvalue weighted by Gasteiger charge is -2.20. The second-order valence-electron chi connectivity index (χ2n) is 5.95. The molecule has 2 aromatic rings. The van der Waals surface area contributed by atoms with Crippen molar-refractivity contribution >= 4 is 17.3 Å². The van der Waals surface area contributed by atoms with Gasteiger partial charge in [0.15, 0.2) is 0 Å². The van der Waals surface area contributed by atoms with Crippen LogP contribution in [-0.2, 0) is 6.61 Å². The largest absolute Gasteiger partial charge is 0.487 e. The van der Waals surface area contributed by atoms with Gasteiger partial charge in [-0.15, -0.1) is 0 Å². The van der Waals surface area contributed by atoms with Gasteiger partial charge < -0.3 is 9.75 Å². The van der Waals surface area contributed by atoms with Gasteiger partial charge in [0, 0.05) is 12.6 Å². The van der Waals surface area contributed by atoms with E-state index >= 15 is 0 Å². The minimum atomic E-state index is 0.478. The Bertz CT molecular complexity index is 661. The topological polar surface area (TPSA) is 38.5 Å². The van der Waals surface area contributed by atoms with Crippen LogP contribution in [-0.4, -0.2) is 7.05 Å². The van der Waals surface area contributed by atoms with Crippen molar-refractivity contribution in [3.8, 4) is 5.75 Å². The van der Waals surface area contributed by atoms with Crippen molar-refractivity contribution in [1.29, 1.82) is 0 Å². The van der Waals surface area contributed by atoms with Crippen LogP contribution in [0.2, 0.25) is 5.02 Å². The Balaban J connectivity index is 1.87. The molecular formula is C18H21ClN2O. The van der Waals surface area contributed by atoms with Crippen LogP contribution in [0.15, 0.2) is 36.4 Å². The quantitative estimate of drug-likeness (QED) is 0.655. The third kappa shape index (κ3) is 3.21. The molecule has 0 saturated heterocycles. The summed E-state index contributed by atoms with van der Waals surface area (Å²) in [4.78, 5) is 0. The number of ether oxygens (including phenoxy) is 1. The summed E-state index contributed by atoms with van der Waals surface area (Å²) < 4.78 is 5.97. The molecule has 0 unspecified atom stereocenters. The van der Waals surface area contributed by atoms with E-state index in [-0.39, 0.29) is 0 Å². The molecule has 0 spiro atoms. The minimum absolute atomic E-state index is 0.478. The monoisotopic (exact) mass is 316 g/mol. The van der Waals surface area contributed by atoms with Crippen LogP contribution in [0.3, 0.4) is 0 Å². The Hall–Kier alpha value is -1.71. The van der Waals surface area contributed by atoms with Gasteiger partial charge in [-0.3, -0.25) is 0 Å². The van der Waals surface area contributed by atoms with Crippen molar-refractivity contribution in [2.75, 3.05) is 12.1 Å². The molecule has 116 valence electrons. The Morgan fingerprint density at radius 3 is 2.68 bits per heavy atom. The fraction of sp³-hybridized carbons (Fsp3) is 0.333. The molecule has 2 N–H and O–H groups in total. The van der Waals surface area contributed by atoms with Crippen molar-refractivity contribution in [2.24, 2.45) is 5.84 Å². The lowest BCUT2D eigenvalue weighted by molar-refractivity contribution is 0.305. The van der Waals surface area contributed by atoms with Crippen LogP contribution >= 0.6 is 11.6 Å². The Kier molecular flexibility index (Phi) is 4.27. The molecule has 0 heterocycles. The molecule has 2 aromatic carbocycles. The van der Waals surface area contributed by atoms with E-state index in [1.54, 1.807) is 5.01 Å². The molecular weight excluding hydrogens is 296 g/mol. The predicted octanol–water partition coefficient (Wildman–Crippen LogP) is 4.41. The van der Waals surface area contributed by atoms with Gasteiger partial charge in [-0.25, -0.2) is 5.84 Å². The number of nitrogens with two attached hydrogens (primary N) is 1. The van der Waals surface area contributed by atoms with Gasteiger partial charge in [-0.1, -0.05) is 29.8 Å². The molecule has 1 fully saturated rings. The minimum Gasteiger partial charge on any atom is -0.487 e. The fourth-order valence-electron chi connectivity index (χ4n) is 2.73. The zero-order chi connectivity index (χ0) is 15.7. The summed E-state index contributed by atoms with van der Waals surface area (Å²) in [7, 11) is 1.86. The van der Waals surface area contributed by atoms with E-state index in [4.69, 9.17) is 22.2 Å². The van der Waals surface area contributed by atoms with Crippen LogP contribution in [0.4, 0.5) is 5.69 Å². The van der Waals surface area contributed by atoms with Gasteiger partial charge in [0.2, 0.25) is 0 Å². The average molecular weight is 317 g/mol. The highest BCUT2D eigenvalue weighted by Crippen LogP contribution is 2.43. The molecule has 0 amide bonds. The van der Waals surface area contributed by atoms with E-state index in [0.717, 1.165) is 16.8 Å². The molecule has 0 bridgehead atoms. The second-order valence-corrected chi connectivity index (χ2v) is 6.36. The van der Waals surface area contributed by atoms with E-state index in [1.807, 2.05) is 38.2 Å². The third-order valence-electron chi connectivity index (χ3n) is 4.04. The predicted molar refractivity (Wildman–Crippen MR) is 91.5 cm³/mol. The molecule has 0 aliphatic heterocycles. The van der Waals surface area contributed by atoms with Crippen LogP contribution < -0.4 is 15.6 Å². The summed E-state index contributed by atoms with van der Waals surface area (Å²) in [5, 5.41) is 2.30. The number of benzene rings is 2. The van der Waals surface area contributed by atoms with E-state index in [2.05, 4.69) is 12.1 Å². The SMILES string of the molecule is Cc1ccc(OCc2c(C3CC3)cccc2N(C)N)c(Cl)c1. The number of rotatable bonds is 5. The maximum absolute atomic E-state index is 6.25. The van der Waals surface area contributed by atoms with Crippen molar-refractivity contribution < 1.29 is 4.74 Å². The second kappa shape index (κ2) is 6.19. The number of hydrazine groups is 1. The number of hydrogen-bond donors (Lipinski definition) is 1. The van der Waals surface area contributed by atoms with Gasteiger partial charge >= 0.3 is 0 Å². The molecule has 0 radical (unpaired) electrons. The maximum atomic E-state index is 6.25. The normalized spacial score (nSPS) is 14.0. The first-order chi connectivity index (χ1) is 10.6. The molecule has 0 aromatic heterocycles. The van der Waals surface area contributed by atoms with Crippen LogP contribution in [0.25, 0.3) is 0 Å². The van der Waals surface area contributed by atoms with Crippen molar-refractivity contribution in [1.82, 2.24) is 0 Å². The fourth-order valence-corrected chi connectivity index (χ4v) is 3.02. The zero-order valence-electron chi connectivity index (χ0n) is 13.0. The third-order valence-corrected chi connectivity index (χ3v) is 4.34.